The highest BCUT2D eigenvalue weighted by Gasteiger charge is 2.33. The number of halogens is 1. The highest BCUT2D eigenvalue weighted by molar-refractivity contribution is 9.10. The minimum atomic E-state index is -3.41. The molecule has 1 aromatic heterocycles. The lowest BCUT2D eigenvalue weighted by Gasteiger charge is -2.36. The molecule has 4 rings (SSSR count). The predicted molar refractivity (Wildman–Crippen MR) is 128 cm³/mol. The monoisotopic (exact) mass is 500 g/mol. The summed E-state index contributed by atoms with van der Waals surface area (Å²) in [5.74, 6) is 0. The van der Waals surface area contributed by atoms with Gasteiger partial charge in [0.1, 0.15) is 0 Å². The molecule has 1 aliphatic rings. The fraction of sp³-hybridized carbons (Fsp3) is 0.292. The molecule has 1 N–H and O–H groups in total. The zero-order chi connectivity index (χ0) is 22.2. The summed E-state index contributed by atoms with van der Waals surface area (Å²) in [6.45, 7) is 1.91. The molecule has 2 heterocycles. The first kappa shape index (κ1) is 22.0. The normalized spacial score (nSPS) is 18.5. The summed E-state index contributed by atoms with van der Waals surface area (Å²) in [5.41, 5.74) is 5.01. The number of nitrogens with one attached hydrogen (secondary N) is 1. The summed E-state index contributed by atoms with van der Waals surface area (Å²) in [6.07, 6.45) is 3.02. The number of nitrogens with zero attached hydrogens (tertiary/aromatic N) is 1. The van der Waals surface area contributed by atoms with Crippen molar-refractivity contribution in [1.29, 1.82) is 0 Å². The fourth-order valence-corrected chi connectivity index (χ4v) is 5.55. The molecule has 0 amide bonds. The minimum absolute atomic E-state index is 0.112. The number of sulfonamides is 1. The summed E-state index contributed by atoms with van der Waals surface area (Å²) >= 11 is 3.42. The summed E-state index contributed by atoms with van der Waals surface area (Å²) < 4.78 is 29.2. The molecule has 0 saturated heterocycles. The molecule has 0 saturated carbocycles. The Morgan fingerprint density at radius 2 is 1.77 bits per heavy atom. The number of aryl methyl sites for hydroxylation is 2. The van der Waals surface area contributed by atoms with E-state index in [9.17, 15) is 13.2 Å². The van der Waals surface area contributed by atoms with E-state index in [4.69, 9.17) is 0 Å². The molecule has 0 fully saturated rings. The first-order valence-corrected chi connectivity index (χ1v) is 12.9. The number of aromatic nitrogens is 1. The van der Waals surface area contributed by atoms with Gasteiger partial charge in [-0.25, -0.2) is 13.1 Å². The minimum Gasteiger partial charge on any atom is -0.307 e. The van der Waals surface area contributed by atoms with Crippen LogP contribution < -0.4 is 10.3 Å². The van der Waals surface area contributed by atoms with Crippen molar-refractivity contribution in [3.8, 4) is 11.1 Å². The standard InChI is InChI=1S/C24H25BrN2O3S/c1-16-13-20-11-12-21(26-31(2,29)30)22(27(20)24(28)23(16)25)15-17-7-6-10-19(14-17)18-8-4-3-5-9-18/h3-10,13-14,21-22,26H,11-12,15H2,1-2H3/t21-,22-/m0/s1. The number of hydrogen-bond donors (Lipinski definition) is 1. The van der Waals surface area contributed by atoms with E-state index in [1.807, 2.05) is 43.3 Å². The Bertz CT molecular complexity index is 1270. The third kappa shape index (κ3) is 4.84. The van der Waals surface area contributed by atoms with Gasteiger partial charge in [0.2, 0.25) is 10.0 Å². The van der Waals surface area contributed by atoms with Crippen molar-refractivity contribution in [2.24, 2.45) is 0 Å². The Morgan fingerprint density at radius 3 is 2.48 bits per heavy atom. The van der Waals surface area contributed by atoms with Crippen LogP contribution in [0.1, 0.15) is 29.3 Å². The average Bonchev–Trinajstić information content (AvgIpc) is 2.73. The second-order valence-electron chi connectivity index (χ2n) is 8.18. The molecule has 2 aromatic carbocycles. The van der Waals surface area contributed by atoms with Gasteiger partial charge in [-0.2, -0.15) is 0 Å². The summed E-state index contributed by atoms with van der Waals surface area (Å²) in [5, 5.41) is 0. The van der Waals surface area contributed by atoms with Gasteiger partial charge in [-0.3, -0.25) is 4.79 Å². The Labute approximate surface area is 191 Å². The maximum absolute atomic E-state index is 13.2. The average molecular weight is 501 g/mol. The van der Waals surface area contributed by atoms with E-state index in [1.54, 1.807) is 4.57 Å². The molecule has 5 nitrogen and oxygen atoms in total. The van der Waals surface area contributed by atoms with Gasteiger partial charge in [0.25, 0.3) is 5.56 Å². The molecule has 162 valence electrons. The highest BCUT2D eigenvalue weighted by atomic mass is 79.9. The van der Waals surface area contributed by atoms with Crippen molar-refractivity contribution >= 4 is 26.0 Å². The van der Waals surface area contributed by atoms with Gasteiger partial charge in [-0.05, 0) is 70.4 Å². The maximum atomic E-state index is 13.2. The van der Waals surface area contributed by atoms with E-state index in [0.717, 1.165) is 27.9 Å². The predicted octanol–water partition coefficient (Wildman–Crippen LogP) is 4.23. The van der Waals surface area contributed by atoms with E-state index in [1.165, 1.54) is 6.26 Å². The van der Waals surface area contributed by atoms with E-state index >= 15 is 0 Å². The maximum Gasteiger partial charge on any atom is 0.265 e. The SMILES string of the molecule is Cc1cc2n(c(=O)c1Br)[C@@H](Cc1cccc(-c3ccccc3)c1)[C@@H](NS(C)(=O)=O)CC2. The van der Waals surface area contributed by atoms with Crippen molar-refractivity contribution in [2.45, 2.75) is 38.3 Å². The molecule has 0 radical (unpaired) electrons. The largest absolute Gasteiger partial charge is 0.307 e. The van der Waals surface area contributed by atoms with Gasteiger partial charge < -0.3 is 4.57 Å². The first-order valence-electron chi connectivity index (χ1n) is 10.2. The van der Waals surface area contributed by atoms with Crippen molar-refractivity contribution < 1.29 is 8.42 Å². The Kier molecular flexibility index (Phi) is 6.19. The smallest absolute Gasteiger partial charge is 0.265 e. The van der Waals surface area contributed by atoms with E-state index in [-0.39, 0.29) is 17.6 Å². The quantitative estimate of drug-likeness (QED) is 0.569. The lowest BCUT2D eigenvalue weighted by molar-refractivity contribution is 0.314. The van der Waals surface area contributed by atoms with Crippen LogP contribution in [0.2, 0.25) is 0 Å². The second kappa shape index (κ2) is 8.73. The van der Waals surface area contributed by atoms with Crippen LogP contribution in [0.25, 0.3) is 11.1 Å². The summed E-state index contributed by atoms with van der Waals surface area (Å²) in [7, 11) is -3.41. The molecular formula is C24H25BrN2O3S. The third-order valence-electron chi connectivity index (χ3n) is 5.80. The Hall–Kier alpha value is -2.22. The van der Waals surface area contributed by atoms with Crippen molar-refractivity contribution in [3.63, 3.8) is 0 Å². The highest BCUT2D eigenvalue weighted by Crippen LogP contribution is 2.30. The van der Waals surface area contributed by atoms with Crippen LogP contribution >= 0.6 is 15.9 Å². The van der Waals surface area contributed by atoms with Crippen molar-refractivity contribution in [1.82, 2.24) is 9.29 Å². The molecule has 0 bridgehead atoms. The summed E-state index contributed by atoms with van der Waals surface area (Å²) in [4.78, 5) is 13.2. The molecular weight excluding hydrogens is 476 g/mol. The van der Waals surface area contributed by atoms with Crippen LogP contribution in [-0.2, 0) is 22.9 Å². The van der Waals surface area contributed by atoms with E-state index in [2.05, 4.69) is 44.9 Å². The topological polar surface area (TPSA) is 68.2 Å². The second-order valence-corrected chi connectivity index (χ2v) is 10.8. The molecule has 7 heteroatoms. The van der Waals surface area contributed by atoms with Gasteiger partial charge in [0.05, 0.1) is 16.8 Å². The van der Waals surface area contributed by atoms with E-state index in [0.29, 0.717) is 23.7 Å². The number of fused-ring (bicyclic) bond motifs is 1. The lowest BCUT2D eigenvalue weighted by atomic mass is 9.90. The van der Waals surface area contributed by atoms with Crippen molar-refractivity contribution in [3.05, 3.63) is 92.3 Å². The fourth-order valence-electron chi connectivity index (χ4n) is 4.42. The molecule has 0 unspecified atom stereocenters. The van der Waals surface area contributed by atoms with Gasteiger partial charge in [-0.1, -0.05) is 54.6 Å². The van der Waals surface area contributed by atoms with Gasteiger partial charge >= 0.3 is 0 Å². The molecule has 0 aliphatic carbocycles. The van der Waals surface area contributed by atoms with Crippen LogP contribution in [-0.4, -0.2) is 25.3 Å². The number of benzene rings is 2. The van der Waals surface area contributed by atoms with Crippen LogP contribution in [0.4, 0.5) is 0 Å². The number of hydrogen-bond acceptors (Lipinski definition) is 3. The molecule has 0 spiro atoms. The molecule has 1 aliphatic heterocycles. The molecule has 31 heavy (non-hydrogen) atoms. The van der Waals surface area contributed by atoms with Gasteiger partial charge in [-0.15, -0.1) is 0 Å². The third-order valence-corrected chi connectivity index (χ3v) is 7.49. The number of pyridine rings is 1. The Morgan fingerprint density at radius 1 is 1.06 bits per heavy atom. The molecule has 2 atom stereocenters. The van der Waals surface area contributed by atoms with Crippen LogP contribution in [0, 0.1) is 6.92 Å². The zero-order valence-electron chi connectivity index (χ0n) is 17.5. The first-order chi connectivity index (χ1) is 14.7. The Balaban J connectivity index is 1.77. The van der Waals surface area contributed by atoms with Crippen molar-refractivity contribution in [2.75, 3.05) is 6.26 Å². The van der Waals surface area contributed by atoms with Crippen LogP contribution in [0.3, 0.4) is 0 Å². The number of rotatable bonds is 5. The van der Waals surface area contributed by atoms with Gasteiger partial charge in [0, 0.05) is 11.7 Å². The lowest BCUT2D eigenvalue weighted by Crippen LogP contribution is -2.48. The van der Waals surface area contributed by atoms with Gasteiger partial charge in [0.15, 0.2) is 0 Å². The van der Waals surface area contributed by atoms with Crippen LogP contribution in [0.5, 0.6) is 0 Å². The molecule has 3 aromatic rings. The van der Waals surface area contributed by atoms with Crippen LogP contribution in [0.15, 0.2) is 69.9 Å². The van der Waals surface area contributed by atoms with E-state index < -0.39 is 10.0 Å². The zero-order valence-corrected chi connectivity index (χ0v) is 19.9. The summed E-state index contributed by atoms with van der Waals surface area (Å²) in [6, 6.07) is 19.7.